The van der Waals surface area contributed by atoms with E-state index in [9.17, 15) is 5.11 Å². The van der Waals surface area contributed by atoms with Crippen molar-refractivity contribution in [2.45, 2.75) is 38.8 Å². The lowest BCUT2D eigenvalue weighted by Gasteiger charge is -2.35. The number of aliphatic hydroxyl groups is 1. The third kappa shape index (κ3) is 3.52. The summed E-state index contributed by atoms with van der Waals surface area (Å²) in [6.07, 6.45) is 3.37. The third-order valence-corrected chi connectivity index (χ3v) is 4.17. The summed E-state index contributed by atoms with van der Waals surface area (Å²) in [5, 5.41) is 9.97. The first-order chi connectivity index (χ1) is 10.0. The van der Waals surface area contributed by atoms with Gasteiger partial charge < -0.3 is 9.52 Å². The largest absolute Gasteiger partial charge is 0.444 e. The van der Waals surface area contributed by atoms with Crippen molar-refractivity contribution in [3.63, 3.8) is 0 Å². The van der Waals surface area contributed by atoms with Crippen molar-refractivity contribution in [3.8, 4) is 11.5 Å². The average Bonchev–Trinajstić information content (AvgIpc) is 2.91. The summed E-state index contributed by atoms with van der Waals surface area (Å²) in [6.45, 7) is 6.57. The zero-order valence-electron chi connectivity index (χ0n) is 12.7. The maximum Gasteiger partial charge on any atom is 0.226 e. The number of hydrogen-bond acceptors (Lipinski definition) is 4. The molecule has 112 valence electrons. The number of nitrogens with zero attached hydrogens (tertiary/aromatic N) is 2. The van der Waals surface area contributed by atoms with Crippen molar-refractivity contribution in [3.05, 3.63) is 41.8 Å². The minimum absolute atomic E-state index is 0.507. The van der Waals surface area contributed by atoms with Crippen LogP contribution in [0.4, 0.5) is 0 Å². The van der Waals surface area contributed by atoms with Gasteiger partial charge >= 0.3 is 0 Å². The van der Waals surface area contributed by atoms with E-state index in [1.165, 1.54) is 5.56 Å². The Morgan fingerprint density at radius 3 is 2.57 bits per heavy atom. The summed E-state index contributed by atoms with van der Waals surface area (Å²) in [4.78, 5) is 6.88. The Hall–Kier alpha value is -1.65. The number of aromatic nitrogens is 1. The Balaban J connectivity index is 1.64. The van der Waals surface area contributed by atoms with Crippen LogP contribution in [0.3, 0.4) is 0 Å². The minimum Gasteiger partial charge on any atom is -0.444 e. The smallest absolute Gasteiger partial charge is 0.226 e. The van der Waals surface area contributed by atoms with E-state index in [2.05, 4.69) is 28.9 Å². The molecule has 4 heteroatoms. The van der Waals surface area contributed by atoms with Crippen LogP contribution in [-0.2, 0) is 6.54 Å². The second-order valence-electron chi connectivity index (χ2n) is 6.28. The van der Waals surface area contributed by atoms with Gasteiger partial charge in [-0.25, -0.2) is 4.98 Å². The monoisotopic (exact) mass is 286 g/mol. The van der Waals surface area contributed by atoms with Gasteiger partial charge in [-0.05, 0) is 38.8 Å². The fourth-order valence-electron chi connectivity index (χ4n) is 2.63. The molecule has 1 aromatic carbocycles. The van der Waals surface area contributed by atoms with Crippen molar-refractivity contribution in [2.75, 3.05) is 13.1 Å². The molecule has 2 heterocycles. The molecule has 0 radical (unpaired) electrons. The first-order valence-electron chi connectivity index (χ1n) is 7.48. The molecule has 0 aliphatic carbocycles. The molecule has 21 heavy (non-hydrogen) atoms. The van der Waals surface area contributed by atoms with Gasteiger partial charge in [0.2, 0.25) is 5.89 Å². The van der Waals surface area contributed by atoms with Gasteiger partial charge in [-0.3, -0.25) is 4.90 Å². The second kappa shape index (κ2) is 5.62. The van der Waals surface area contributed by atoms with Gasteiger partial charge in [0, 0.05) is 25.2 Å². The highest BCUT2D eigenvalue weighted by Crippen LogP contribution is 2.24. The van der Waals surface area contributed by atoms with Crippen molar-refractivity contribution >= 4 is 0 Å². The highest BCUT2D eigenvalue weighted by Gasteiger charge is 2.27. The van der Waals surface area contributed by atoms with Crippen LogP contribution < -0.4 is 0 Å². The number of aryl methyl sites for hydroxylation is 1. The van der Waals surface area contributed by atoms with Crippen LogP contribution in [0.2, 0.25) is 0 Å². The first-order valence-corrected chi connectivity index (χ1v) is 7.48. The number of likely N-dealkylation sites (tertiary alicyclic amines) is 1. The van der Waals surface area contributed by atoms with Gasteiger partial charge in [0.05, 0.1) is 11.3 Å². The summed E-state index contributed by atoms with van der Waals surface area (Å²) in [6, 6.07) is 8.18. The molecule has 1 saturated heterocycles. The molecule has 1 aromatic heterocycles. The lowest BCUT2D eigenvalue weighted by atomic mass is 9.94. The Labute approximate surface area is 125 Å². The maximum absolute atomic E-state index is 9.97. The average molecular weight is 286 g/mol. The molecule has 0 saturated carbocycles. The molecular formula is C17H22N2O2. The van der Waals surface area contributed by atoms with Gasteiger partial charge in [0.25, 0.3) is 0 Å². The Kier molecular flexibility index (Phi) is 3.83. The van der Waals surface area contributed by atoms with E-state index in [-0.39, 0.29) is 0 Å². The highest BCUT2D eigenvalue weighted by atomic mass is 16.3. The van der Waals surface area contributed by atoms with Gasteiger partial charge in [-0.15, -0.1) is 0 Å². The summed E-state index contributed by atoms with van der Waals surface area (Å²) in [5.74, 6) is 0.675. The molecule has 0 spiro atoms. The van der Waals surface area contributed by atoms with Crippen LogP contribution in [-0.4, -0.2) is 33.7 Å². The molecular weight excluding hydrogens is 264 g/mol. The number of oxazole rings is 1. The maximum atomic E-state index is 9.97. The molecule has 0 bridgehead atoms. The van der Waals surface area contributed by atoms with Gasteiger partial charge in [0.1, 0.15) is 6.26 Å². The van der Waals surface area contributed by atoms with Gasteiger partial charge in [-0.2, -0.15) is 0 Å². The van der Waals surface area contributed by atoms with Gasteiger partial charge in [0.15, 0.2) is 0 Å². The van der Waals surface area contributed by atoms with Crippen LogP contribution in [0, 0.1) is 6.92 Å². The van der Waals surface area contributed by atoms with E-state index >= 15 is 0 Å². The molecule has 1 aliphatic rings. The predicted molar refractivity (Wildman–Crippen MR) is 81.8 cm³/mol. The number of benzene rings is 1. The van der Waals surface area contributed by atoms with Crippen molar-refractivity contribution in [1.82, 2.24) is 9.88 Å². The van der Waals surface area contributed by atoms with Crippen LogP contribution >= 0.6 is 0 Å². The summed E-state index contributed by atoms with van der Waals surface area (Å²) in [7, 11) is 0. The summed E-state index contributed by atoms with van der Waals surface area (Å²) < 4.78 is 5.59. The normalized spacial score (nSPS) is 18.8. The van der Waals surface area contributed by atoms with Crippen LogP contribution in [0.1, 0.15) is 31.0 Å². The predicted octanol–water partition coefficient (Wildman–Crippen LogP) is 3.00. The molecule has 1 aliphatic heterocycles. The second-order valence-corrected chi connectivity index (χ2v) is 6.28. The lowest BCUT2D eigenvalue weighted by molar-refractivity contribution is -0.00757. The topological polar surface area (TPSA) is 49.5 Å². The van der Waals surface area contributed by atoms with E-state index in [0.29, 0.717) is 5.89 Å². The molecule has 4 nitrogen and oxygen atoms in total. The van der Waals surface area contributed by atoms with Crippen LogP contribution in [0.15, 0.2) is 34.9 Å². The molecule has 3 rings (SSSR count). The lowest BCUT2D eigenvalue weighted by Crippen LogP contribution is -2.41. The van der Waals surface area contributed by atoms with Crippen molar-refractivity contribution in [2.24, 2.45) is 0 Å². The van der Waals surface area contributed by atoms with Crippen LogP contribution in [0.25, 0.3) is 11.5 Å². The molecule has 1 fully saturated rings. The first kappa shape index (κ1) is 14.3. The van der Waals surface area contributed by atoms with E-state index in [0.717, 1.165) is 43.7 Å². The van der Waals surface area contributed by atoms with Crippen LogP contribution in [0.5, 0.6) is 0 Å². The van der Waals surface area contributed by atoms with Gasteiger partial charge in [-0.1, -0.05) is 17.7 Å². The fourth-order valence-corrected chi connectivity index (χ4v) is 2.63. The summed E-state index contributed by atoms with van der Waals surface area (Å²) in [5.41, 5.74) is 2.68. The summed E-state index contributed by atoms with van der Waals surface area (Å²) >= 11 is 0. The number of piperidine rings is 1. The Morgan fingerprint density at radius 2 is 1.90 bits per heavy atom. The van der Waals surface area contributed by atoms with E-state index in [4.69, 9.17) is 4.42 Å². The Morgan fingerprint density at radius 1 is 1.24 bits per heavy atom. The SMILES string of the molecule is Cc1ccc(-c2nc(CN3CCC(C)(O)CC3)co2)cc1. The fraction of sp³-hybridized carbons (Fsp3) is 0.471. The molecule has 1 N–H and O–H groups in total. The minimum atomic E-state index is -0.507. The van der Waals surface area contributed by atoms with E-state index in [1.54, 1.807) is 6.26 Å². The standard InChI is InChI=1S/C17H22N2O2/c1-13-3-5-14(6-4-13)16-18-15(12-21-16)11-19-9-7-17(2,20)8-10-19/h3-6,12,20H,7-11H2,1-2H3. The van der Waals surface area contributed by atoms with Crippen molar-refractivity contribution in [1.29, 1.82) is 0 Å². The van der Waals surface area contributed by atoms with E-state index < -0.39 is 5.60 Å². The zero-order chi connectivity index (χ0) is 14.9. The quantitative estimate of drug-likeness (QED) is 0.942. The number of rotatable bonds is 3. The molecule has 0 amide bonds. The molecule has 0 unspecified atom stereocenters. The Bertz CT molecular complexity index is 592. The number of hydrogen-bond donors (Lipinski definition) is 1. The molecule has 0 atom stereocenters. The van der Waals surface area contributed by atoms with Crippen molar-refractivity contribution < 1.29 is 9.52 Å². The highest BCUT2D eigenvalue weighted by molar-refractivity contribution is 5.53. The third-order valence-electron chi connectivity index (χ3n) is 4.17. The zero-order valence-corrected chi connectivity index (χ0v) is 12.7. The molecule has 2 aromatic rings. The van der Waals surface area contributed by atoms with E-state index in [1.807, 2.05) is 19.1 Å².